The lowest BCUT2D eigenvalue weighted by atomic mass is 10.2. The van der Waals surface area contributed by atoms with Crippen LogP contribution in [-0.4, -0.2) is 19.2 Å². The molecule has 0 saturated heterocycles. The molecule has 5 nitrogen and oxygen atoms in total. The number of ether oxygens (including phenoxy) is 2. The van der Waals surface area contributed by atoms with E-state index < -0.39 is 0 Å². The monoisotopic (exact) mass is 304 g/mol. The zero-order valence-electron chi connectivity index (χ0n) is 11.5. The van der Waals surface area contributed by atoms with Gasteiger partial charge in [0, 0.05) is 12.1 Å². The van der Waals surface area contributed by atoms with Gasteiger partial charge in [-0.15, -0.1) is 0 Å². The van der Waals surface area contributed by atoms with Crippen LogP contribution in [0.15, 0.2) is 34.7 Å². The molecule has 0 aliphatic rings. The number of methoxy groups -OCH3 is 2. The van der Waals surface area contributed by atoms with Gasteiger partial charge < -0.3 is 19.6 Å². The first-order chi connectivity index (χ1) is 10.1. The van der Waals surface area contributed by atoms with Crippen molar-refractivity contribution in [3.63, 3.8) is 0 Å². The molecule has 6 heteroatoms. The van der Waals surface area contributed by atoms with Crippen LogP contribution in [-0.2, 0) is 0 Å². The number of anilines is 1. The van der Waals surface area contributed by atoms with Gasteiger partial charge in [-0.25, -0.2) is 4.98 Å². The van der Waals surface area contributed by atoms with Gasteiger partial charge in [-0.2, -0.15) is 0 Å². The largest absolute Gasteiger partial charge is 0.497 e. The van der Waals surface area contributed by atoms with E-state index in [1.165, 1.54) is 0 Å². The molecule has 0 spiro atoms. The quantitative estimate of drug-likeness (QED) is 0.746. The summed E-state index contributed by atoms with van der Waals surface area (Å²) in [5.74, 6) is 1.74. The molecule has 21 heavy (non-hydrogen) atoms. The van der Waals surface area contributed by atoms with E-state index >= 15 is 0 Å². The first kappa shape index (κ1) is 13.6. The molecule has 1 aromatic heterocycles. The number of oxazole rings is 1. The normalized spacial score (nSPS) is 10.8. The molecule has 0 aliphatic carbocycles. The van der Waals surface area contributed by atoms with Crippen LogP contribution in [0.2, 0.25) is 5.02 Å². The number of nitrogen functional groups attached to an aromatic ring is 1. The van der Waals surface area contributed by atoms with E-state index in [-0.39, 0.29) is 0 Å². The Morgan fingerprint density at radius 1 is 1.14 bits per heavy atom. The second-order valence-corrected chi connectivity index (χ2v) is 4.83. The predicted molar refractivity (Wildman–Crippen MR) is 82.0 cm³/mol. The Labute approximate surface area is 126 Å². The van der Waals surface area contributed by atoms with Gasteiger partial charge in [0.05, 0.1) is 30.5 Å². The van der Waals surface area contributed by atoms with E-state index in [0.717, 1.165) is 5.56 Å². The van der Waals surface area contributed by atoms with Crippen LogP contribution in [0.4, 0.5) is 5.69 Å². The van der Waals surface area contributed by atoms with Crippen molar-refractivity contribution in [2.45, 2.75) is 0 Å². The molecule has 108 valence electrons. The van der Waals surface area contributed by atoms with E-state index in [4.69, 9.17) is 31.2 Å². The third-order valence-corrected chi connectivity index (χ3v) is 3.47. The predicted octanol–water partition coefficient (Wildman–Crippen LogP) is 3.75. The van der Waals surface area contributed by atoms with Gasteiger partial charge in [0.2, 0.25) is 5.89 Å². The molecule has 2 N–H and O–H groups in total. The van der Waals surface area contributed by atoms with E-state index in [9.17, 15) is 0 Å². The number of aromatic nitrogens is 1. The highest BCUT2D eigenvalue weighted by atomic mass is 35.5. The molecule has 0 aliphatic heterocycles. The molecular formula is C15H13ClN2O3. The molecular weight excluding hydrogens is 292 g/mol. The van der Waals surface area contributed by atoms with Crippen molar-refractivity contribution in [1.82, 2.24) is 4.98 Å². The van der Waals surface area contributed by atoms with E-state index in [0.29, 0.717) is 39.2 Å². The Balaban J connectivity index is 2.16. The number of fused-ring (bicyclic) bond motifs is 1. The second-order valence-electron chi connectivity index (χ2n) is 4.43. The molecule has 0 fully saturated rings. The van der Waals surface area contributed by atoms with Gasteiger partial charge in [-0.3, -0.25) is 0 Å². The molecule has 2 aromatic carbocycles. The van der Waals surface area contributed by atoms with Gasteiger partial charge in [0.1, 0.15) is 17.0 Å². The number of nitrogens with zero attached hydrogens (tertiary/aromatic N) is 1. The zero-order valence-corrected chi connectivity index (χ0v) is 12.3. The zero-order chi connectivity index (χ0) is 15.0. The van der Waals surface area contributed by atoms with E-state index in [1.807, 2.05) is 12.1 Å². The van der Waals surface area contributed by atoms with E-state index in [2.05, 4.69) is 4.98 Å². The van der Waals surface area contributed by atoms with Crippen molar-refractivity contribution in [2.75, 3.05) is 20.0 Å². The summed E-state index contributed by atoms with van der Waals surface area (Å²) in [5.41, 5.74) is 8.16. The molecule has 0 atom stereocenters. The van der Waals surface area contributed by atoms with Crippen LogP contribution in [0.25, 0.3) is 22.6 Å². The standard InChI is InChI=1S/C15H13ClN2O3/c1-19-8-3-4-9(13(5-8)20-2)15-18-12-6-10(16)11(17)7-14(12)21-15/h3-7H,17H2,1-2H3. The molecule has 1 heterocycles. The first-order valence-electron chi connectivity index (χ1n) is 6.20. The minimum atomic E-state index is 0.436. The lowest BCUT2D eigenvalue weighted by molar-refractivity contribution is 0.394. The third-order valence-electron chi connectivity index (χ3n) is 3.15. The third kappa shape index (κ3) is 2.36. The summed E-state index contributed by atoms with van der Waals surface area (Å²) in [4.78, 5) is 4.42. The molecule has 0 amide bonds. The highest BCUT2D eigenvalue weighted by Crippen LogP contribution is 2.35. The summed E-state index contributed by atoms with van der Waals surface area (Å²) in [6.07, 6.45) is 0. The Kier molecular flexibility index (Phi) is 3.35. The highest BCUT2D eigenvalue weighted by Gasteiger charge is 2.15. The minimum Gasteiger partial charge on any atom is -0.497 e. The lowest BCUT2D eigenvalue weighted by Crippen LogP contribution is -1.90. The van der Waals surface area contributed by atoms with Crippen molar-refractivity contribution >= 4 is 28.4 Å². The van der Waals surface area contributed by atoms with Crippen LogP contribution >= 0.6 is 11.6 Å². The van der Waals surface area contributed by atoms with Crippen LogP contribution in [0, 0.1) is 0 Å². The molecule has 0 bridgehead atoms. The number of benzene rings is 2. The fourth-order valence-electron chi connectivity index (χ4n) is 2.05. The van der Waals surface area contributed by atoms with E-state index in [1.54, 1.807) is 32.4 Å². The molecule has 0 unspecified atom stereocenters. The Morgan fingerprint density at radius 2 is 1.95 bits per heavy atom. The molecule has 0 radical (unpaired) electrons. The van der Waals surface area contributed by atoms with Gasteiger partial charge in [-0.1, -0.05) is 11.6 Å². The van der Waals surface area contributed by atoms with Gasteiger partial charge in [0.15, 0.2) is 5.58 Å². The van der Waals surface area contributed by atoms with Crippen molar-refractivity contribution in [3.05, 3.63) is 35.4 Å². The van der Waals surface area contributed by atoms with Crippen LogP contribution < -0.4 is 15.2 Å². The van der Waals surface area contributed by atoms with Crippen molar-refractivity contribution in [2.24, 2.45) is 0 Å². The Morgan fingerprint density at radius 3 is 2.67 bits per heavy atom. The summed E-state index contributed by atoms with van der Waals surface area (Å²) in [7, 11) is 3.18. The maximum atomic E-state index is 5.99. The summed E-state index contributed by atoms with van der Waals surface area (Å²) in [6, 6.07) is 8.74. The summed E-state index contributed by atoms with van der Waals surface area (Å²) >= 11 is 5.99. The number of nitrogens with two attached hydrogens (primary N) is 1. The topological polar surface area (TPSA) is 70.5 Å². The maximum Gasteiger partial charge on any atom is 0.231 e. The Bertz CT molecular complexity index is 775. The fourth-order valence-corrected chi connectivity index (χ4v) is 2.21. The highest BCUT2D eigenvalue weighted by molar-refractivity contribution is 6.33. The fraction of sp³-hybridized carbons (Fsp3) is 0.133. The molecule has 3 rings (SSSR count). The number of hydrogen-bond donors (Lipinski definition) is 1. The van der Waals surface area contributed by atoms with Crippen LogP contribution in [0.3, 0.4) is 0 Å². The lowest BCUT2D eigenvalue weighted by Gasteiger charge is -2.07. The van der Waals surface area contributed by atoms with Crippen LogP contribution in [0.5, 0.6) is 11.5 Å². The van der Waals surface area contributed by atoms with Crippen molar-refractivity contribution in [3.8, 4) is 23.0 Å². The Hall–Kier alpha value is -2.40. The van der Waals surface area contributed by atoms with Gasteiger partial charge in [-0.05, 0) is 18.2 Å². The van der Waals surface area contributed by atoms with Crippen LogP contribution in [0.1, 0.15) is 0 Å². The summed E-state index contributed by atoms with van der Waals surface area (Å²) in [5, 5.41) is 0.448. The SMILES string of the molecule is COc1ccc(-c2nc3cc(Cl)c(N)cc3o2)c(OC)c1. The number of rotatable bonds is 3. The smallest absolute Gasteiger partial charge is 0.231 e. The van der Waals surface area contributed by atoms with Crippen molar-refractivity contribution in [1.29, 1.82) is 0 Å². The number of halogens is 1. The maximum absolute atomic E-state index is 5.99. The second kappa shape index (κ2) is 5.18. The summed E-state index contributed by atoms with van der Waals surface area (Å²) in [6.45, 7) is 0. The molecule has 3 aromatic rings. The number of hydrogen-bond acceptors (Lipinski definition) is 5. The van der Waals surface area contributed by atoms with Gasteiger partial charge >= 0.3 is 0 Å². The van der Waals surface area contributed by atoms with Crippen molar-refractivity contribution < 1.29 is 13.9 Å². The first-order valence-corrected chi connectivity index (χ1v) is 6.58. The summed E-state index contributed by atoms with van der Waals surface area (Å²) < 4.78 is 16.3. The minimum absolute atomic E-state index is 0.436. The average Bonchev–Trinajstić information content (AvgIpc) is 2.89. The molecule has 0 saturated carbocycles. The average molecular weight is 305 g/mol. The van der Waals surface area contributed by atoms with Gasteiger partial charge in [0.25, 0.3) is 0 Å².